The molecule has 0 aliphatic heterocycles. The molecule has 1 unspecified atom stereocenters. The van der Waals surface area contributed by atoms with Gasteiger partial charge in [0.1, 0.15) is 5.65 Å². The van der Waals surface area contributed by atoms with Crippen LogP contribution in [-0.4, -0.2) is 24.0 Å². The fourth-order valence-corrected chi connectivity index (χ4v) is 5.90. The van der Waals surface area contributed by atoms with Gasteiger partial charge in [0.2, 0.25) is 10.0 Å². The van der Waals surface area contributed by atoms with Crippen LogP contribution in [0.1, 0.15) is 30.0 Å². The van der Waals surface area contributed by atoms with E-state index in [2.05, 4.69) is 25.6 Å². The van der Waals surface area contributed by atoms with E-state index in [0.29, 0.717) is 17.9 Å². The number of pyridine rings is 1. The van der Waals surface area contributed by atoms with Crippen molar-refractivity contribution in [1.82, 2.24) is 14.3 Å². The van der Waals surface area contributed by atoms with Crippen molar-refractivity contribution in [3.05, 3.63) is 57.8 Å². The van der Waals surface area contributed by atoms with E-state index in [4.69, 9.17) is 0 Å². The van der Waals surface area contributed by atoms with Gasteiger partial charge in [-0.05, 0) is 66.4 Å². The van der Waals surface area contributed by atoms with Gasteiger partial charge in [0, 0.05) is 34.8 Å². The van der Waals surface area contributed by atoms with Crippen LogP contribution in [0.4, 0.5) is 0 Å². The summed E-state index contributed by atoms with van der Waals surface area (Å²) < 4.78 is 32.0. The highest BCUT2D eigenvalue weighted by molar-refractivity contribution is 9.10. The summed E-state index contributed by atoms with van der Waals surface area (Å²) in [5, 5.41) is 1.01. The first-order chi connectivity index (χ1) is 12.7. The van der Waals surface area contributed by atoms with Gasteiger partial charge in [0.15, 0.2) is 0 Å². The van der Waals surface area contributed by atoms with Crippen LogP contribution >= 0.6 is 15.9 Å². The van der Waals surface area contributed by atoms with Crippen molar-refractivity contribution in [2.75, 3.05) is 0 Å². The molecule has 1 atom stereocenters. The molecule has 0 fully saturated rings. The minimum Gasteiger partial charge on any atom is -0.330 e. The first-order valence-electron chi connectivity index (χ1n) is 8.92. The third-order valence-corrected chi connectivity index (χ3v) is 7.15. The molecule has 0 aliphatic carbocycles. The summed E-state index contributed by atoms with van der Waals surface area (Å²) in [5.41, 5.74) is 3.44. The molecule has 144 valence electrons. The first-order valence-corrected chi connectivity index (χ1v) is 11.2. The summed E-state index contributed by atoms with van der Waals surface area (Å²) in [6.45, 7) is 8.15. The van der Waals surface area contributed by atoms with Gasteiger partial charge in [0.05, 0.1) is 4.90 Å². The number of nitrogens with one attached hydrogen (secondary N) is 1. The third-order valence-electron chi connectivity index (χ3n) is 4.69. The maximum atomic E-state index is 13.1. The molecule has 27 heavy (non-hydrogen) atoms. The number of sulfonamides is 1. The van der Waals surface area contributed by atoms with Gasteiger partial charge in [-0.2, -0.15) is 0 Å². The highest BCUT2D eigenvalue weighted by atomic mass is 79.9. The number of hydrogen-bond donors (Lipinski definition) is 1. The molecule has 7 heteroatoms. The zero-order valence-electron chi connectivity index (χ0n) is 16.0. The van der Waals surface area contributed by atoms with E-state index in [9.17, 15) is 8.42 Å². The number of aryl methyl sites for hydroxylation is 3. The molecule has 0 amide bonds. The SMILES string of the molecule is CCC(Cn1cc(Br)c2cccnc21)NS(=O)(=O)c1c(C)cc(C)cc1C. The predicted octanol–water partition coefficient (Wildman–Crippen LogP) is 4.48. The molecule has 3 aromatic rings. The lowest BCUT2D eigenvalue weighted by atomic mass is 10.1. The van der Waals surface area contributed by atoms with Crippen LogP contribution in [0.2, 0.25) is 0 Å². The Balaban J connectivity index is 1.91. The zero-order chi connectivity index (χ0) is 19.8. The molecule has 5 nitrogen and oxygen atoms in total. The topological polar surface area (TPSA) is 64.0 Å². The Labute approximate surface area is 169 Å². The van der Waals surface area contributed by atoms with Gasteiger partial charge in [-0.25, -0.2) is 18.1 Å². The number of fused-ring (bicyclic) bond motifs is 1. The molecule has 0 bridgehead atoms. The quantitative estimate of drug-likeness (QED) is 0.602. The summed E-state index contributed by atoms with van der Waals surface area (Å²) in [5.74, 6) is 0. The molecule has 0 aliphatic rings. The van der Waals surface area contributed by atoms with E-state index >= 15 is 0 Å². The number of halogens is 1. The molecule has 3 rings (SSSR count). The van der Waals surface area contributed by atoms with Crippen molar-refractivity contribution < 1.29 is 8.42 Å². The Bertz CT molecular complexity index is 1070. The van der Waals surface area contributed by atoms with E-state index in [1.807, 2.05) is 62.7 Å². The third kappa shape index (κ3) is 4.10. The highest BCUT2D eigenvalue weighted by Crippen LogP contribution is 2.26. The molecule has 1 aromatic carbocycles. The lowest BCUT2D eigenvalue weighted by Crippen LogP contribution is -2.38. The molecular formula is C20H24BrN3O2S. The largest absolute Gasteiger partial charge is 0.330 e. The minimum absolute atomic E-state index is 0.236. The summed E-state index contributed by atoms with van der Waals surface area (Å²) in [7, 11) is -3.61. The molecule has 0 saturated carbocycles. The molecule has 2 aromatic heterocycles. The normalized spacial score (nSPS) is 13.2. The molecule has 0 radical (unpaired) electrons. The van der Waals surface area contributed by atoms with Crippen LogP contribution in [0.25, 0.3) is 11.0 Å². The van der Waals surface area contributed by atoms with Crippen LogP contribution in [0, 0.1) is 20.8 Å². The zero-order valence-corrected chi connectivity index (χ0v) is 18.4. The Morgan fingerprint density at radius 3 is 2.52 bits per heavy atom. The summed E-state index contributed by atoms with van der Waals surface area (Å²) in [4.78, 5) is 4.82. The van der Waals surface area contributed by atoms with Crippen LogP contribution in [-0.2, 0) is 16.6 Å². The first kappa shape index (κ1) is 20.0. The van der Waals surface area contributed by atoms with Crippen molar-refractivity contribution in [1.29, 1.82) is 0 Å². The van der Waals surface area contributed by atoms with Crippen LogP contribution < -0.4 is 4.72 Å². The molecule has 1 N–H and O–H groups in total. The molecule has 0 spiro atoms. The Kier molecular flexibility index (Phi) is 5.74. The molecule has 0 saturated heterocycles. The van der Waals surface area contributed by atoms with Gasteiger partial charge in [-0.15, -0.1) is 0 Å². The van der Waals surface area contributed by atoms with Crippen molar-refractivity contribution in [3.8, 4) is 0 Å². The van der Waals surface area contributed by atoms with Gasteiger partial charge in [-0.3, -0.25) is 0 Å². The monoisotopic (exact) mass is 449 g/mol. The van der Waals surface area contributed by atoms with Gasteiger partial charge < -0.3 is 4.57 Å². The average Bonchev–Trinajstić information content (AvgIpc) is 2.89. The van der Waals surface area contributed by atoms with E-state index in [0.717, 1.165) is 32.2 Å². The number of nitrogens with zero attached hydrogens (tertiary/aromatic N) is 2. The van der Waals surface area contributed by atoms with E-state index in [1.54, 1.807) is 6.20 Å². The fourth-order valence-electron chi connectivity index (χ4n) is 3.58. The van der Waals surface area contributed by atoms with Crippen molar-refractivity contribution in [2.24, 2.45) is 0 Å². The van der Waals surface area contributed by atoms with Crippen LogP contribution in [0.15, 0.2) is 46.0 Å². The summed E-state index contributed by atoms with van der Waals surface area (Å²) in [6, 6.07) is 7.46. The van der Waals surface area contributed by atoms with Crippen LogP contribution in [0.5, 0.6) is 0 Å². The molecular weight excluding hydrogens is 426 g/mol. The van der Waals surface area contributed by atoms with Crippen LogP contribution in [0.3, 0.4) is 0 Å². The van der Waals surface area contributed by atoms with E-state index in [1.165, 1.54) is 0 Å². The summed E-state index contributed by atoms with van der Waals surface area (Å²) >= 11 is 3.55. The van der Waals surface area contributed by atoms with Gasteiger partial charge in [-0.1, -0.05) is 24.6 Å². The second-order valence-corrected chi connectivity index (χ2v) is 9.46. The second kappa shape index (κ2) is 7.73. The number of rotatable bonds is 6. The van der Waals surface area contributed by atoms with E-state index in [-0.39, 0.29) is 6.04 Å². The smallest absolute Gasteiger partial charge is 0.241 e. The highest BCUT2D eigenvalue weighted by Gasteiger charge is 2.24. The average molecular weight is 450 g/mol. The fraction of sp³-hybridized carbons (Fsp3) is 0.350. The lowest BCUT2D eigenvalue weighted by Gasteiger charge is -2.20. The second-order valence-electron chi connectivity index (χ2n) is 6.96. The maximum Gasteiger partial charge on any atom is 0.241 e. The van der Waals surface area contributed by atoms with Gasteiger partial charge >= 0.3 is 0 Å². The van der Waals surface area contributed by atoms with Crippen molar-refractivity contribution >= 4 is 37.0 Å². The number of aromatic nitrogens is 2. The predicted molar refractivity (Wildman–Crippen MR) is 112 cm³/mol. The lowest BCUT2D eigenvalue weighted by molar-refractivity contribution is 0.490. The van der Waals surface area contributed by atoms with Crippen molar-refractivity contribution in [2.45, 2.75) is 51.6 Å². The number of hydrogen-bond acceptors (Lipinski definition) is 3. The van der Waals surface area contributed by atoms with E-state index < -0.39 is 10.0 Å². The van der Waals surface area contributed by atoms with Gasteiger partial charge in [0.25, 0.3) is 0 Å². The Morgan fingerprint density at radius 1 is 1.22 bits per heavy atom. The standard InChI is InChI=1S/C20H24BrN3O2S/c1-5-16(11-24-12-18(21)17-7-6-8-22-20(17)24)23-27(25,26)19-14(3)9-13(2)10-15(19)4/h6-10,12,16,23H,5,11H2,1-4H3. The number of benzene rings is 1. The van der Waals surface area contributed by atoms with Crippen molar-refractivity contribution in [3.63, 3.8) is 0 Å². The summed E-state index contributed by atoms with van der Waals surface area (Å²) in [6.07, 6.45) is 4.37. The molecule has 2 heterocycles. The Morgan fingerprint density at radius 2 is 1.89 bits per heavy atom. The maximum absolute atomic E-state index is 13.1. The minimum atomic E-state index is -3.61. The Hall–Kier alpha value is -1.70.